The van der Waals surface area contributed by atoms with Crippen LogP contribution in [0.2, 0.25) is 5.15 Å². The first-order chi connectivity index (χ1) is 55.3. The number of terminal acetylenes is 2. The fourth-order valence-electron chi connectivity index (χ4n) is 9.89. The van der Waals surface area contributed by atoms with Crippen molar-refractivity contribution < 1.29 is 9.00 Å². The summed E-state index contributed by atoms with van der Waals surface area (Å²) in [6.45, 7) is 76.9. The molecule has 1 aromatic carbocycles. The van der Waals surface area contributed by atoms with E-state index >= 15 is 0 Å². The molecule has 0 saturated carbocycles. The second kappa shape index (κ2) is 44.4. The van der Waals surface area contributed by atoms with Crippen LogP contribution in [-0.2, 0) is 58.3 Å². The second-order valence-electron chi connectivity index (χ2n) is 41.0. The van der Waals surface area contributed by atoms with Gasteiger partial charge in [-0.3, -0.25) is 14.0 Å². The van der Waals surface area contributed by atoms with E-state index in [9.17, 15) is 9.00 Å². The van der Waals surface area contributed by atoms with Gasteiger partial charge in [0.25, 0.3) is 0 Å². The Hall–Kier alpha value is -9.93. The summed E-state index contributed by atoms with van der Waals surface area (Å²) in [5.41, 5.74) is 14.4. The van der Waals surface area contributed by atoms with Crippen LogP contribution in [0.3, 0.4) is 0 Å². The summed E-state index contributed by atoms with van der Waals surface area (Å²) in [5, 5.41) is 11.1. The number of benzene rings is 1. The smallest absolute Gasteiger partial charge is 0.177 e. The third kappa shape index (κ3) is 38.2. The van der Waals surface area contributed by atoms with Crippen molar-refractivity contribution in [3.8, 4) is 30.8 Å². The minimum atomic E-state index is -2.10. The number of carbonyl (C=O) groups is 1. The first kappa shape index (κ1) is 108. The third-order valence-corrected chi connectivity index (χ3v) is 20.3. The number of ketones is 1. The van der Waals surface area contributed by atoms with Crippen LogP contribution < -0.4 is 0 Å². The highest BCUT2D eigenvalue weighted by molar-refractivity contribution is 8.26. The SMILES string of the molecule is C#Cc1c[nH]c(C(C)(C)C)c1.C#Cc1nc(C(C)(C)C)[nH]c1C.C=S(C)(=O)C1=NC(C(C)(C)C)=CC1.C=S(C)C1=NC(C)=CC1.CC(=O)c1cnc(C(C)(C)C)[nH]1.CC(C)(C)c1nc2ccccc2[nH]1.CC(C)(C)c1ncc(C#N)[nH]1.Cc1[nH]c(C(C)(C)C)nc1Cl.Cc1cnc(C(C)(C)C)[nH]1.Cc1cnc(C(C)(C)C)[nH]1.Cc1cnc(C(C)(C)C)[nH]1. The molecule has 9 aromatic heterocycles. The Morgan fingerprint density at radius 2 is 0.910 bits per heavy atom. The largest absolute Gasteiger partial charge is 0.363 e. The number of imidazole rings is 8. The zero-order valence-electron chi connectivity index (χ0n) is 81.4. The van der Waals surface area contributed by atoms with Gasteiger partial charge in [-0.05, 0) is 77.8 Å². The van der Waals surface area contributed by atoms with E-state index in [-0.39, 0.29) is 70.4 Å². The molecule has 668 valence electrons. The van der Waals surface area contributed by atoms with E-state index in [1.54, 1.807) is 18.6 Å². The van der Waals surface area contributed by atoms with Crippen molar-refractivity contribution in [1.29, 1.82) is 5.26 Å². The highest BCUT2D eigenvalue weighted by atomic mass is 35.5. The van der Waals surface area contributed by atoms with Gasteiger partial charge < -0.3 is 44.9 Å². The van der Waals surface area contributed by atoms with Crippen molar-refractivity contribution in [3.63, 3.8) is 0 Å². The summed E-state index contributed by atoms with van der Waals surface area (Å²) in [7, 11) is -1.96. The first-order valence-electron chi connectivity index (χ1n) is 41.1. The van der Waals surface area contributed by atoms with Crippen molar-refractivity contribution >= 4 is 70.3 Å². The summed E-state index contributed by atoms with van der Waals surface area (Å²) in [6.07, 6.45) is 30.8. The molecule has 12 rings (SSSR count). The Bertz CT molecular complexity index is 5150. The highest BCUT2D eigenvalue weighted by Crippen LogP contribution is 2.32. The maximum absolute atomic E-state index is 11.6. The molecule has 0 saturated heterocycles. The van der Waals surface area contributed by atoms with Crippen LogP contribution in [0.1, 0.15) is 343 Å². The molecular weight excluding hydrogens is 1580 g/mol. The molecular formula is C97H149ClN20O2S2. The molecule has 10 aromatic rings. The van der Waals surface area contributed by atoms with Crippen LogP contribution in [0.4, 0.5) is 0 Å². The molecule has 0 spiro atoms. The summed E-state index contributed by atoms with van der Waals surface area (Å²) in [6, 6.07) is 12.1. The minimum Gasteiger partial charge on any atom is -0.363 e. The average molecular weight is 1730 g/mol. The molecule has 2 aliphatic rings. The lowest BCUT2D eigenvalue weighted by atomic mass is 9.92. The number of aliphatic imine (C=N–C) groups is 2. The van der Waals surface area contributed by atoms with Crippen LogP contribution in [0.15, 0.2) is 101 Å². The Kier molecular flexibility index (Phi) is 39.4. The molecule has 25 heteroatoms. The first-order valence-corrected chi connectivity index (χ1v) is 45.4. The van der Waals surface area contributed by atoms with Crippen LogP contribution in [0.5, 0.6) is 0 Å². The average Bonchev–Trinajstić information content (AvgIpc) is 1.67. The lowest BCUT2D eigenvalue weighted by molar-refractivity contribution is 0.101. The number of para-hydroxylation sites is 2. The highest BCUT2D eigenvalue weighted by Gasteiger charge is 2.26. The Morgan fingerprint density at radius 1 is 0.500 bits per heavy atom. The van der Waals surface area contributed by atoms with E-state index in [0.717, 1.165) is 120 Å². The predicted molar refractivity (Wildman–Crippen MR) is 522 cm³/mol. The van der Waals surface area contributed by atoms with Crippen LogP contribution in [0, 0.1) is 76.1 Å². The number of nitriles is 1. The Morgan fingerprint density at radius 3 is 1.15 bits per heavy atom. The zero-order chi connectivity index (χ0) is 94.3. The molecule has 9 N–H and O–H groups in total. The van der Waals surface area contributed by atoms with Gasteiger partial charge in [0.15, 0.2) is 5.78 Å². The van der Waals surface area contributed by atoms with Gasteiger partial charge in [0.2, 0.25) is 0 Å². The number of hydrogen-bond donors (Lipinski definition) is 9. The number of aryl methyl sites for hydroxylation is 5. The molecule has 11 heterocycles. The van der Waals surface area contributed by atoms with E-state index < -0.39 is 9.52 Å². The van der Waals surface area contributed by atoms with E-state index in [1.165, 1.54) is 17.7 Å². The number of halogens is 1. The fraction of sp³-hybridized carbons (Fsp3) is 0.526. The number of fused-ring (bicyclic) bond motifs is 1. The standard InChI is InChI=1S/C11H14N2.C10H14N2.C10H17NOS.C10H13N.C9H14N2O.C8H13ClN2.C8H11N3.3C8H14N2.C7H11NS/c1-11(2,3)10-12-8-6-4-5-7-9(8)13-10;1-6-8-7(2)11-9(12-8)10(3,4)5;1-10(2,3)8-6-7-9(11-8)13(4,5)12;1-5-8-6-9(11-7-8)10(2,3)4;1-6(12)7-5-10-8(11-7)9(2,3)4;1-5-6(9)11-7(10-5)8(2,3)4;1-8(2,3)7-10-5-6(4-9)11-7;3*1-6-5-9-7(10-6)8(2,3)4;1-6-4-5-7(8-6)9(2)3/h4-7H,1-3H3,(H,12,13);1H,2-5H3,(H,11,12);6H,4,7H2,1-3,5H3;1,6-7,11H,2-4H3;5H,1-4H3,(H,10,11);1-4H3,(H,10,11);5H,1-3H3,(H,10,11);3*5H,1-4H3,(H,9,10);4H,2,5H2,1,3H3. The Labute approximate surface area is 740 Å². The van der Waals surface area contributed by atoms with E-state index in [4.69, 9.17) is 29.7 Å². The number of hydrogen-bond acceptors (Lipinski definition) is 13. The fourth-order valence-corrected chi connectivity index (χ4v) is 11.4. The summed E-state index contributed by atoms with van der Waals surface area (Å²) in [5.74, 6) is 20.5. The summed E-state index contributed by atoms with van der Waals surface area (Å²) >= 11 is 5.79. The third-order valence-electron chi connectivity index (χ3n) is 17.6. The second-order valence-corrected chi connectivity index (χ2v) is 45.5. The molecule has 2 atom stereocenters. The van der Waals surface area contributed by atoms with Gasteiger partial charge in [0.1, 0.15) is 74.9 Å². The van der Waals surface area contributed by atoms with Crippen molar-refractivity contribution in [3.05, 3.63) is 200 Å². The van der Waals surface area contributed by atoms with Gasteiger partial charge in [-0.2, -0.15) is 15.7 Å². The molecule has 122 heavy (non-hydrogen) atoms. The van der Waals surface area contributed by atoms with Gasteiger partial charge in [-0.25, -0.2) is 44.9 Å². The molecule has 0 fully saturated rings. The van der Waals surface area contributed by atoms with E-state index in [2.05, 4.69) is 324 Å². The van der Waals surface area contributed by atoms with Crippen LogP contribution in [-0.4, -0.2) is 129 Å². The number of nitrogens with zero attached hydrogens (tertiary/aromatic N) is 11. The Balaban J connectivity index is 0.000000455. The number of H-pyrrole nitrogens is 9. The molecule has 2 unspecified atom stereocenters. The molecule has 22 nitrogen and oxygen atoms in total. The van der Waals surface area contributed by atoms with Gasteiger partial charge in [-0.1, -0.05) is 255 Å². The number of nitrogens with one attached hydrogen (secondary N) is 9. The topological polar surface area (TPSA) is 328 Å². The number of allylic oxidation sites excluding steroid dienone is 4. The minimum absolute atomic E-state index is 0.00486. The quantitative estimate of drug-likeness (QED) is 0.0422. The molecule has 2 aliphatic heterocycles. The van der Waals surface area contributed by atoms with Gasteiger partial charge in [0.05, 0.1) is 39.2 Å². The van der Waals surface area contributed by atoms with Crippen LogP contribution in [0.25, 0.3) is 11.0 Å². The monoisotopic (exact) mass is 1730 g/mol. The normalized spacial score (nSPS) is 13.5. The zero-order valence-corrected chi connectivity index (χ0v) is 83.8. The van der Waals surface area contributed by atoms with Crippen LogP contribution >= 0.6 is 22.1 Å². The van der Waals surface area contributed by atoms with Crippen molar-refractivity contribution in [1.82, 2.24) is 84.7 Å². The number of aromatic amines is 9. The number of Topliss-reactive ketones (excluding diaryl/α,β-unsaturated/α-hetero) is 1. The van der Waals surface area contributed by atoms with Crippen molar-refractivity contribution in [2.75, 3.05) is 12.5 Å². The molecule has 0 radical (unpaired) electrons. The van der Waals surface area contributed by atoms with Crippen molar-refractivity contribution in [2.24, 2.45) is 15.4 Å². The van der Waals surface area contributed by atoms with Gasteiger partial charge >= 0.3 is 0 Å². The summed E-state index contributed by atoms with van der Waals surface area (Å²) in [4.78, 5) is 81.9. The number of aromatic nitrogens is 17. The maximum atomic E-state index is 11.6. The molecule has 0 aliphatic carbocycles. The number of carbonyl (C=O) groups excluding carboxylic acids is 1. The molecule has 0 amide bonds. The summed E-state index contributed by atoms with van der Waals surface area (Å²) < 4.78 is 11.6. The predicted octanol–water partition coefficient (Wildman–Crippen LogP) is 23.4. The van der Waals surface area contributed by atoms with E-state index in [1.807, 2.05) is 124 Å². The number of rotatable bonds is 1. The lowest BCUT2D eigenvalue weighted by Crippen LogP contribution is -2.13. The van der Waals surface area contributed by atoms with Gasteiger partial charge in [0, 0.05) is 160 Å². The molecule has 0 bridgehead atoms. The van der Waals surface area contributed by atoms with Crippen molar-refractivity contribution in [2.45, 2.75) is 318 Å². The van der Waals surface area contributed by atoms with Gasteiger partial charge in [-0.15, -0.1) is 12.8 Å². The van der Waals surface area contributed by atoms with E-state index in [0.29, 0.717) is 23.0 Å². The lowest BCUT2D eigenvalue weighted by Gasteiger charge is -2.16. The maximum Gasteiger partial charge on any atom is 0.177 e.